The van der Waals surface area contributed by atoms with E-state index in [0.717, 1.165) is 16.6 Å². The molecule has 0 bridgehead atoms. The van der Waals surface area contributed by atoms with Gasteiger partial charge >= 0.3 is 0 Å². The summed E-state index contributed by atoms with van der Waals surface area (Å²) in [5.74, 6) is -0.0477. The molecule has 3 aromatic heterocycles. The van der Waals surface area contributed by atoms with Crippen LogP contribution in [0.1, 0.15) is 21.6 Å². The van der Waals surface area contributed by atoms with E-state index in [9.17, 15) is 14.0 Å². The highest BCUT2D eigenvalue weighted by Gasteiger charge is 2.26. The molecule has 1 amide bonds. The van der Waals surface area contributed by atoms with E-state index in [0.29, 0.717) is 49.4 Å². The van der Waals surface area contributed by atoms with Crippen LogP contribution >= 0.6 is 23.2 Å². The summed E-state index contributed by atoms with van der Waals surface area (Å²) in [5.41, 5.74) is 1.35. The zero-order valence-electron chi connectivity index (χ0n) is 20.1. The number of hydrogen-bond donors (Lipinski definition) is 1. The smallest absolute Gasteiger partial charge is 0.272 e. The van der Waals surface area contributed by atoms with Crippen molar-refractivity contribution in [3.63, 3.8) is 0 Å². The Hall–Kier alpha value is -3.88. The third-order valence-electron chi connectivity index (χ3n) is 6.95. The number of anilines is 1. The van der Waals surface area contributed by atoms with Gasteiger partial charge in [-0.2, -0.15) is 0 Å². The van der Waals surface area contributed by atoms with Gasteiger partial charge in [-0.25, -0.2) is 9.37 Å². The summed E-state index contributed by atoms with van der Waals surface area (Å²) in [5, 5.41) is 2.66. The number of amides is 1. The van der Waals surface area contributed by atoms with Crippen molar-refractivity contribution in [1.29, 1.82) is 0 Å². The molecule has 1 aliphatic rings. The van der Waals surface area contributed by atoms with E-state index in [2.05, 4.69) is 14.9 Å². The minimum Gasteiger partial charge on any atom is -0.353 e. The Morgan fingerprint density at radius 1 is 1.03 bits per heavy atom. The maximum atomic E-state index is 14.8. The van der Waals surface area contributed by atoms with Gasteiger partial charge in [0.05, 0.1) is 10.6 Å². The standard InChI is InChI=1S/C28H22Cl2FN5O2/c29-22-15-24-27(37)33-16-19(36(24)25(22)30)13-17-5-6-23(31)21(14-17)28(38)35-11-9-34(10-12-35)26-20-4-2-1-3-18(20)7-8-32-26/h1-8,14-16H,9-13H2,(H,33,37). The van der Waals surface area contributed by atoms with E-state index in [1.165, 1.54) is 12.1 Å². The molecule has 5 aromatic rings. The second-order valence-corrected chi connectivity index (χ2v) is 10.0. The Morgan fingerprint density at radius 3 is 2.63 bits per heavy atom. The molecule has 192 valence electrons. The number of carbonyl (C=O) groups excluding carboxylic acids is 1. The first-order valence-corrected chi connectivity index (χ1v) is 12.9. The van der Waals surface area contributed by atoms with Crippen molar-refractivity contribution >= 4 is 51.2 Å². The van der Waals surface area contributed by atoms with Gasteiger partial charge in [-0.05, 0) is 35.2 Å². The number of benzene rings is 2. The van der Waals surface area contributed by atoms with Crippen LogP contribution in [0.25, 0.3) is 16.3 Å². The highest BCUT2D eigenvalue weighted by Crippen LogP contribution is 2.28. The Morgan fingerprint density at radius 2 is 1.82 bits per heavy atom. The summed E-state index contributed by atoms with van der Waals surface area (Å²) in [7, 11) is 0. The first kappa shape index (κ1) is 24.5. The van der Waals surface area contributed by atoms with Crippen molar-refractivity contribution in [2.45, 2.75) is 6.42 Å². The van der Waals surface area contributed by atoms with E-state index in [1.807, 2.05) is 30.3 Å². The SMILES string of the molecule is O=C(c1cc(Cc2c[nH]c(=O)c3cc(Cl)c(Cl)n23)ccc1F)N1CCN(c2nccc3ccccc23)CC1. The van der Waals surface area contributed by atoms with Crippen molar-refractivity contribution in [1.82, 2.24) is 19.3 Å². The summed E-state index contributed by atoms with van der Waals surface area (Å²) in [4.78, 5) is 36.6. The number of aromatic amines is 1. The molecule has 38 heavy (non-hydrogen) atoms. The van der Waals surface area contributed by atoms with Crippen LogP contribution in [0.4, 0.5) is 10.2 Å². The lowest BCUT2D eigenvalue weighted by molar-refractivity contribution is 0.0742. The van der Waals surface area contributed by atoms with Crippen molar-refractivity contribution in [2.75, 3.05) is 31.1 Å². The minimum absolute atomic E-state index is 0.0107. The fourth-order valence-corrected chi connectivity index (χ4v) is 5.47. The Balaban J connectivity index is 1.22. The molecule has 0 radical (unpaired) electrons. The normalized spacial score (nSPS) is 14.0. The fraction of sp³-hybridized carbons (Fsp3) is 0.179. The quantitative estimate of drug-likeness (QED) is 0.335. The molecule has 0 saturated carbocycles. The molecule has 0 unspecified atom stereocenters. The molecule has 10 heteroatoms. The van der Waals surface area contributed by atoms with Crippen LogP contribution in [-0.2, 0) is 6.42 Å². The molecule has 0 spiro atoms. The van der Waals surface area contributed by atoms with Crippen LogP contribution in [0.3, 0.4) is 0 Å². The molecular weight excluding hydrogens is 528 g/mol. The van der Waals surface area contributed by atoms with E-state index in [1.54, 1.807) is 33.8 Å². The van der Waals surface area contributed by atoms with Gasteiger partial charge in [-0.3, -0.25) is 14.0 Å². The summed E-state index contributed by atoms with van der Waals surface area (Å²) < 4.78 is 16.4. The van der Waals surface area contributed by atoms with Crippen LogP contribution in [0.5, 0.6) is 0 Å². The summed E-state index contributed by atoms with van der Waals surface area (Å²) in [6, 6.07) is 16.0. The molecular formula is C28H22Cl2FN5O2. The van der Waals surface area contributed by atoms with Crippen LogP contribution in [0, 0.1) is 5.82 Å². The predicted octanol–water partition coefficient (Wildman–Crippen LogP) is 5.17. The van der Waals surface area contributed by atoms with Gasteiger partial charge in [-0.1, -0.05) is 53.5 Å². The van der Waals surface area contributed by atoms with E-state index >= 15 is 0 Å². The molecule has 0 atom stereocenters. The highest BCUT2D eigenvalue weighted by atomic mass is 35.5. The Labute approximate surface area is 227 Å². The summed E-state index contributed by atoms with van der Waals surface area (Å²) >= 11 is 12.5. The third kappa shape index (κ3) is 4.29. The second kappa shape index (κ2) is 9.78. The topological polar surface area (TPSA) is 73.7 Å². The van der Waals surface area contributed by atoms with Gasteiger partial charge in [0.15, 0.2) is 0 Å². The second-order valence-electron chi connectivity index (χ2n) is 9.24. The average molecular weight is 550 g/mol. The Kier molecular flexibility index (Phi) is 6.29. The molecule has 6 rings (SSSR count). The van der Waals surface area contributed by atoms with Crippen molar-refractivity contribution in [3.05, 3.63) is 110 Å². The lowest BCUT2D eigenvalue weighted by Crippen LogP contribution is -2.49. The number of carbonyl (C=O) groups is 1. The van der Waals surface area contributed by atoms with Crippen molar-refractivity contribution in [3.8, 4) is 0 Å². The van der Waals surface area contributed by atoms with E-state index in [4.69, 9.17) is 23.2 Å². The molecule has 1 saturated heterocycles. The number of hydrogen-bond acceptors (Lipinski definition) is 4. The zero-order chi connectivity index (χ0) is 26.4. The molecule has 1 fully saturated rings. The van der Waals surface area contributed by atoms with Gasteiger partial charge in [0.1, 0.15) is 22.3 Å². The van der Waals surface area contributed by atoms with Gasteiger partial charge in [0, 0.05) is 56.1 Å². The number of nitrogens with zero attached hydrogens (tertiary/aromatic N) is 4. The minimum atomic E-state index is -0.578. The van der Waals surface area contributed by atoms with E-state index < -0.39 is 5.82 Å². The number of nitrogens with one attached hydrogen (secondary N) is 1. The summed E-state index contributed by atoms with van der Waals surface area (Å²) in [6.07, 6.45) is 3.64. The van der Waals surface area contributed by atoms with Crippen LogP contribution < -0.4 is 10.5 Å². The third-order valence-corrected chi connectivity index (χ3v) is 7.71. The lowest BCUT2D eigenvalue weighted by Gasteiger charge is -2.36. The maximum Gasteiger partial charge on any atom is 0.272 e. The van der Waals surface area contributed by atoms with Gasteiger partial charge in [0.25, 0.3) is 11.5 Å². The molecule has 0 aliphatic carbocycles. The maximum absolute atomic E-state index is 14.8. The number of pyridine rings is 1. The van der Waals surface area contributed by atoms with E-state index in [-0.39, 0.29) is 27.2 Å². The number of aromatic nitrogens is 3. The number of fused-ring (bicyclic) bond motifs is 2. The molecule has 2 aromatic carbocycles. The van der Waals surface area contributed by atoms with Crippen LogP contribution in [-0.4, -0.2) is 51.4 Å². The van der Waals surface area contributed by atoms with Crippen molar-refractivity contribution < 1.29 is 9.18 Å². The monoisotopic (exact) mass is 549 g/mol. The average Bonchev–Trinajstić information content (AvgIpc) is 3.25. The largest absolute Gasteiger partial charge is 0.353 e. The first-order valence-electron chi connectivity index (χ1n) is 12.1. The lowest BCUT2D eigenvalue weighted by atomic mass is 10.0. The van der Waals surface area contributed by atoms with Crippen LogP contribution in [0.15, 0.2) is 71.8 Å². The molecule has 1 N–H and O–H groups in total. The van der Waals surface area contributed by atoms with Gasteiger partial charge in [-0.15, -0.1) is 0 Å². The zero-order valence-corrected chi connectivity index (χ0v) is 21.6. The number of H-pyrrole nitrogens is 1. The van der Waals surface area contributed by atoms with Gasteiger partial charge in [0.2, 0.25) is 0 Å². The van der Waals surface area contributed by atoms with Crippen LogP contribution in [0.2, 0.25) is 10.2 Å². The number of halogens is 3. The molecule has 4 heterocycles. The van der Waals surface area contributed by atoms with Crippen molar-refractivity contribution in [2.24, 2.45) is 0 Å². The number of rotatable bonds is 4. The highest BCUT2D eigenvalue weighted by molar-refractivity contribution is 6.42. The summed E-state index contributed by atoms with van der Waals surface area (Å²) in [6.45, 7) is 2.09. The molecule has 1 aliphatic heterocycles. The first-order chi connectivity index (χ1) is 18.4. The Bertz CT molecular complexity index is 1750. The van der Waals surface area contributed by atoms with Gasteiger partial charge < -0.3 is 14.8 Å². The predicted molar refractivity (Wildman–Crippen MR) is 147 cm³/mol. The number of piperazine rings is 1. The fourth-order valence-electron chi connectivity index (χ4n) is 5.02. The molecule has 7 nitrogen and oxygen atoms in total.